The Morgan fingerprint density at radius 2 is 2.33 bits per heavy atom. The van der Waals surface area contributed by atoms with Crippen molar-refractivity contribution in [2.45, 2.75) is 31.4 Å². The Kier molecular flexibility index (Phi) is 4.83. The minimum atomic E-state index is 0.219. The lowest BCUT2D eigenvalue weighted by Gasteiger charge is -2.22. The van der Waals surface area contributed by atoms with Gasteiger partial charge in [-0.05, 0) is 25.5 Å². The molecule has 2 heterocycles. The smallest absolute Gasteiger partial charge is 0.156 e. The molecule has 0 amide bonds. The highest BCUT2D eigenvalue weighted by atomic mass is 35.5. The molecule has 0 aromatic carbocycles. The number of hydrogen-bond donors (Lipinski definition) is 1. The summed E-state index contributed by atoms with van der Waals surface area (Å²) in [5.41, 5.74) is 0.350. The zero-order valence-electron chi connectivity index (χ0n) is 10.3. The molecule has 18 heavy (non-hydrogen) atoms. The van der Waals surface area contributed by atoms with Crippen molar-refractivity contribution in [2.24, 2.45) is 0 Å². The first-order valence-corrected chi connectivity index (χ1v) is 7.48. The van der Waals surface area contributed by atoms with Crippen LogP contribution in [-0.2, 0) is 0 Å². The average molecular weight is 286 g/mol. The van der Waals surface area contributed by atoms with Crippen molar-refractivity contribution >= 4 is 35.5 Å². The minimum absolute atomic E-state index is 0.219. The van der Waals surface area contributed by atoms with Crippen LogP contribution in [0.15, 0.2) is 0 Å². The van der Waals surface area contributed by atoms with Crippen LogP contribution in [0.2, 0.25) is 5.15 Å². The predicted molar refractivity (Wildman–Crippen MR) is 75.8 cm³/mol. The van der Waals surface area contributed by atoms with Gasteiger partial charge in [-0.15, -0.1) is 0 Å². The summed E-state index contributed by atoms with van der Waals surface area (Å²) in [7, 11) is 0. The van der Waals surface area contributed by atoms with E-state index in [9.17, 15) is 4.79 Å². The standard InChI is InChI=1S/C12H16ClN3OS/c1-8-15-11(13)10(7-17)12(16-8)14-6-9-4-2-3-5-18-9/h7,9H,2-6H2,1H3,(H,14,15,16). The number of nitrogens with zero attached hydrogens (tertiary/aromatic N) is 2. The molecule has 1 atom stereocenters. The summed E-state index contributed by atoms with van der Waals surface area (Å²) in [6, 6.07) is 0. The third-order valence-electron chi connectivity index (χ3n) is 2.90. The third-order valence-corrected chi connectivity index (χ3v) is 4.59. The van der Waals surface area contributed by atoms with Gasteiger partial charge in [-0.2, -0.15) is 11.8 Å². The van der Waals surface area contributed by atoms with E-state index in [0.717, 1.165) is 6.54 Å². The Morgan fingerprint density at radius 3 is 3.00 bits per heavy atom. The maximum atomic E-state index is 11.0. The van der Waals surface area contributed by atoms with E-state index < -0.39 is 0 Å². The van der Waals surface area contributed by atoms with Crippen LogP contribution in [0.5, 0.6) is 0 Å². The van der Waals surface area contributed by atoms with Crippen molar-refractivity contribution in [3.63, 3.8) is 0 Å². The zero-order valence-corrected chi connectivity index (χ0v) is 11.9. The van der Waals surface area contributed by atoms with E-state index in [2.05, 4.69) is 15.3 Å². The molecule has 98 valence electrons. The summed E-state index contributed by atoms with van der Waals surface area (Å²) >= 11 is 7.91. The molecule has 2 rings (SSSR count). The molecule has 1 aliphatic heterocycles. The molecule has 6 heteroatoms. The van der Waals surface area contributed by atoms with E-state index in [1.165, 1.54) is 25.0 Å². The Bertz CT molecular complexity index is 436. The molecule has 1 saturated heterocycles. The van der Waals surface area contributed by atoms with E-state index in [-0.39, 0.29) is 5.15 Å². The van der Waals surface area contributed by atoms with E-state index in [1.807, 2.05) is 11.8 Å². The number of nitrogens with one attached hydrogen (secondary N) is 1. The second kappa shape index (κ2) is 6.38. The first-order chi connectivity index (χ1) is 8.70. The highest BCUT2D eigenvalue weighted by Crippen LogP contribution is 2.26. The highest BCUT2D eigenvalue weighted by molar-refractivity contribution is 7.99. The van der Waals surface area contributed by atoms with Crippen LogP contribution in [0.4, 0.5) is 5.82 Å². The molecular weight excluding hydrogens is 270 g/mol. The average Bonchev–Trinajstić information content (AvgIpc) is 2.37. The Hall–Kier alpha value is -0.810. The topological polar surface area (TPSA) is 54.9 Å². The zero-order chi connectivity index (χ0) is 13.0. The van der Waals surface area contributed by atoms with Crippen LogP contribution in [0.25, 0.3) is 0 Å². The molecule has 0 bridgehead atoms. The van der Waals surface area contributed by atoms with Crippen molar-refractivity contribution in [3.05, 3.63) is 16.5 Å². The van der Waals surface area contributed by atoms with Gasteiger partial charge >= 0.3 is 0 Å². The predicted octanol–water partition coefficient (Wildman–Crippen LogP) is 2.95. The lowest BCUT2D eigenvalue weighted by atomic mass is 10.2. The molecule has 1 N–H and O–H groups in total. The second-order valence-corrected chi connectivity index (χ2v) is 6.08. The van der Waals surface area contributed by atoms with Crippen molar-refractivity contribution < 1.29 is 4.79 Å². The van der Waals surface area contributed by atoms with E-state index in [4.69, 9.17) is 11.6 Å². The molecule has 0 spiro atoms. The number of rotatable bonds is 4. The van der Waals surface area contributed by atoms with Gasteiger partial charge in [0.15, 0.2) is 6.29 Å². The van der Waals surface area contributed by atoms with Gasteiger partial charge in [-0.1, -0.05) is 18.0 Å². The number of aryl methyl sites for hydroxylation is 1. The van der Waals surface area contributed by atoms with Crippen molar-refractivity contribution in [1.82, 2.24) is 9.97 Å². The summed E-state index contributed by atoms with van der Waals surface area (Å²) in [6.07, 6.45) is 4.51. The molecule has 0 saturated carbocycles. The second-order valence-electron chi connectivity index (χ2n) is 4.31. The largest absolute Gasteiger partial charge is 0.368 e. The van der Waals surface area contributed by atoms with Gasteiger partial charge in [-0.3, -0.25) is 4.79 Å². The Labute approximate surface area is 116 Å². The first kappa shape index (κ1) is 13.6. The fourth-order valence-electron chi connectivity index (χ4n) is 1.97. The minimum Gasteiger partial charge on any atom is -0.368 e. The Morgan fingerprint density at radius 1 is 1.50 bits per heavy atom. The van der Waals surface area contributed by atoms with Crippen LogP contribution in [0, 0.1) is 6.92 Å². The van der Waals surface area contributed by atoms with Crippen molar-refractivity contribution in [3.8, 4) is 0 Å². The first-order valence-electron chi connectivity index (χ1n) is 6.05. The summed E-state index contributed by atoms with van der Waals surface area (Å²) < 4.78 is 0. The van der Waals surface area contributed by atoms with E-state index in [0.29, 0.717) is 28.7 Å². The van der Waals surface area contributed by atoms with Gasteiger partial charge in [-0.25, -0.2) is 9.97 Å². The number of thioether (sulfide) groups is 1. The fraction of sp³-hybridized carbons (Fsp3) is 0.583. The van der Waals surface area contributed by atoms with Gasteiger partial charge in [0, 0.05) is 11.8 Å². The monoisotopic (exact) mass is 285 g/mol. The van der Waals surface area contributed by atoms with Gasteiger partial charge in [0.25, 0.3) is 0 Å². The molecule has 1 aromatic heterocycles. The Balaban J connectivity index is 2.05. The van der Waals surface area contributed by atoms with Crippen LogP contribution < -0.4 is 5.32 Å². The maximum Gasteiger partial charge on any atom is 0.156 e. The quantitative estimate of drug-likeness (QED) is 0.681. The molecule has 1 unspecified atom stereocenters. The van der Waals surface area contributed by atoms with E-state index >= 15 is 0 Å². The third kappa shape index (κ3) is 3.36. The SMILES string of the molecule is Cc1nc(Cl)c(C=O)c(NCC2CCCCS2)n1. The van der Waals surface area contributed by atoms with Crippen molar-refractivity contribution in [1.29, 1.82) is 0 Å². The summed E-state index contributed by atoms with van der Waals surface area (Å²) in [5, 5.41) is 4.04. The van der Waals surface area contributed by atoms with Gasteiger partial charge in [0.05, 0.1) is 5.56 Å². The van der Waals surface area contributed by atoms with Crippen LogP contribution in [0.1, 0.15) is 35.4 Å². The van der Waals surface area contributed by atoms with Gasteiger partial charge in [0.1, 0.15) is 16.8 Å². The summed E-state index contributed by atoms with van der Waals surface area (Å²) in [4.78, 5) is 19.2. The lowest BCUT2D eigenvalue weighted by Crippen LogP contribution is -2.21. The van der Waals surface area contributed by atoms with Gasteiger partial charge < -0.3 is 5.32 Å². The molecule has 1 aromatic rings. The van der Waals surface area contributed by atoms with Crippen LogP contribution in [0.3, 0.4) is 0 Å². The molecule has 1 aliphatic rings. The van der Waals surface area contributed by atoms with Crippen LogP contribution in [-0.4, -0.2) is 33.8 Å². The number of carbonyl (C=O) groups excluding carboxylic acids is 1. The molecule has 0 aliphatic carbocycles. The lowest BCUT2D eigenvalue weighted by molar-refractivity contribution is 0.112. The number of carbonyl (C=O) groups is 1. The fourth-order valence-corrected chi connectivity index (χ4v) is 3.46. The molecule has 4 nitrogen and oxygen atoms in total. The summed E-state index contributed by atoms with van der Waals surface area (Å²) in [6.45, 7) is 2.58. The van der Waals surface area contributed by atoms with E-state index in [1.54, 1.807) is 6.92 Å². The van der Waals surface area contributed by atoms with Crippen molar-refractivity contribution in [2.75, 3.05) is 17.6 Å². The molecule has 0 radical (unpaired) electrons. The molecule has 1 fully saturated rings. The number of aromatic nitrogens is 2. The highest BCUT2D eigenvalue weighted by Gasteiger charge is 2.16. The number of hydrogen-bond acceptors (Lipinski definition) is 5. The molecular formula is C12H16ClN3OS. The maximum absolute atomic E-state index is 11.0. The normalized spacial score (nSPS) is 19.6. The number of aldehydes is 1. The number of anilines is 1. The van der Waals surface area contributed by atoms with Crippen LogP contribution >= 0.6 is 23.4 Å². The summed E-state index contributed by atoms with van der Waals surface area (Å²) in [5.74, 6) is 2.34. The van der Waals surface area contributed by atoms with Gasteiger partial charge in [0.2, 0.25) is 0 Å². The number of halogens is 1.